The predicted molar refractivity (Wildman–Crippen MR) is 95.5 cm³/mol. The molecule has 2 atom stereocenters. The SMILES string of the molecule is CSc1ccc(O[C@H](C)C(=O)N2CCC[C@@H](c3ncc[nH]3)C2)cc1. The second-order valence-electron chi connectivity index (χ2n) is 6.03. The van der Waals surface area contributed by atoms with Crippen LogP contribution in [0.2, 0.25) is 0 Å². The fraction of sp³-hybridized carbons (Fsp3) is 0.444. The lowest BCUT2D eigenvalue weighted by atomic mass is 9.97. The first-order chi connectivity index (χ1) is 11.7. The van der Waals surface area contributed by atoms with Crippen molar-refractivity contribution in [1.82, 2.24) is 14.9 Å². The van der Waals surface area contributed by atoms with Gasteiger partial charge in [-0.15, -0.1) is 11.8 Å². The zero-order valence-electron chi connectivity index (χ0n) is 14.1. The highest BCUT2D eigenvalue weighted by Crippen LogP contribution is 2.25. The number of nitrogens with one attached hydrogen (secondary N) is 1. The molecule has 1 aromatic heterocycles. The van der Waals surface area contributed by atoms with E-state index in [0.717, 1.165) is 31.0 Å². The lowest BCUT2D eigenvalue weighted by molar-refractivity contribution is -0.139. The Morgan fingerprint density at radius 2 is 2.21 bits per heavy atom. The number of ether oxygens (including phenoxy) is 1. The van der Waals surface area contributed by atoms with Gasteiger partial charge >= 0.3 is 0 Å². The van der Waals surface area contributed by atoms with Crippen LogP contribution in [0.5, 0.6) is 5.75 Å². The minimum atomic E-state index is -0.486. The maximum absolute atomic E-state index is 12.7. The number of thioether (sulfide) groups is 1. The Labute approximate surface area is 146 Å². The van der Waals surface area contributed by atoms with Crippen LogP contribution in [0, 0.1) is 0 Å². The van der Waals surface area contributed by atoms with Gasteiger partial charge < -0.3 is 14.6 Å². The zero-order chi connectivity index (χ0) is 16.9. The maximum atomic E-state index is 12.7. The van der Waals surface area contributed by atoms with Gasteiger partial charge in [-0.3, -0.25) is 4.79 Å². The molecule has 128 valence electrons. The number of amides is 1. The molecular weight excluding hydrogens is 322 g/mol. The lowest BCUT2D eigenvalue weighted by Gasteiger charge is -2.33. The molecule has 0 spiro atoms. The quantitative estimate of drug-likeness (QED) is 0.845. The van der Waals surface area contributed by atoms with Gasteiger partial charge in [-0.1, -0.05) is 0 Å². The highest BCUT2D eigenvalue weighted by molar-refractivity contribution is 7.98. The van der Waals surface area contributed by atoms with Gasteiger partial charge in [0.15, 0.2) is 6.10 Å². The molecule has 0 bridgehead atoms. The van der Waals surface area contributed by atoms with E-state index in [0.29, 0.717) is 6.54 Å². The number of rotatable bonds is 5. The standard InChI is InChI=1S/C18H23N3O2S/c1-13(23-15-5-7-16(24-2)8-6-15)18(22)21-11-3-4-14(12-21)17-19-9-10-20-17/h5-10,13-14H,3-4,11-12H2,1-2H3,(H,19,20)/t13-,14-/m1/s1. The number of likely N-dealkylation sites (tertiary alicyclic amines) is 1. The molecule has 5 nitrogen and oxygen atoms in total. The first kappa shape index (κ1) is 16.9. The van der Waals surface area contributed by atoms with Gasteiger partial charge in [0.05, 0.1) is 0 Å². The molecule has 0 radical (unpaired) electrons. The minimum Gasteiger partial charge on any atom is -0.481 e. The number of hydrogen-bond acceptors (Lipinski definition) is 4. The van der Waals surface area contributed by atoms with E-state index in [4.69, 9.17) is 4.74 Å². The number of aromatic nitrogens is 2. The molecule has 1 amide bonds. The molecule has 0 saturated carbocycles. The van der Waals surface area contributed by atoms with E-state index in [1.807, 2.05) is 48.5 Å². The molecule has 1 aromatic carbocycles. The Bertz CT molecular complexity index is 657. The summed E-state index contributed by atoms with van der Waals surface area (Å²) in [5, 5.41) is 0. The second-order valence-corrected chi connectivity index (χ2v) is 6.91. The second kappa shape index (κ2) is 7.75. The number of piperidine rings is 1. The number of carbonyl (C=O) groups is 1. The Morgan fingerprint density at radius 1 is 1.42 bits per heavy atom. The van der Waals surface area contributed by atoms with Gasteiger partial charge in [0.25, 0.3) is 5.91 Å². The summed E-state index contributed by atoms with van der Waals surface area (Å²) in [5.41, 5.74) is 0. The lowest BCUT2D eigenvalue weighted by Crippen LogP contribution is -2.45. The topological polar surface area (TPSA) is 58.2 Å². The number of hydrogen-bond donors (Lipinski definition) is 1. The summed E-state index contributed by atoms with van der Waals surface area (Å²) in [7, 11) is 0. The predicted octanol–water partition coefficient (Wildman–Crippen LogP) is 3.31. The van der Waals surface area contributed by atoms with Crippen LogP contribution >= 0.6 is 11.8 Å². The Morgan fingerprint density at radius 3 is 2.88 bits per heavy atom. The normalized spacial score (nSPS) is 19.1. The molecule has 2 heterocycles. The molecular formula is C18H23N3O2S. The fourth-order valence-electron chi connectivity index (χ4n) is 3.07. The molecule has 6 heteroatoms. The largest absolute Gasteiger partial charge is 0.481 e. The van der Waals surface area contributed by atoms with Crippen molar-refractivity contribution in [1.29, 1.82) is 0 Å². The molecule has 1 aliphatic heterocycles. The van der Waals surface area contributed by atoms with Gasteiger partial charge in [-0.25, -0.2) is 4.98 Å². The van der Waals surface area contributed by atoms with E-state index in [9.17, 15) is 4.79 Å². The summed E-state index contributed by atoms with van der Waals surface area (Å²) in [5.74, 6) is 2.02. The van der Waals surface area contributed by atoms with Crippen LogP contribution < -0.4 is 4.74 Å². The summed E-state index contributed by atoms with van der Waals surface area (Å²) in [6.45, 7) is 3.31. The third kappa shape index (κ3) is 3.93. The van der Waals surface area contributed by atoms with Crippen molar-refractivity contribution in [3.63, 3.8) is 0 Å². The molecule has 24 heavy (non-hydrogen) atoms. The Balaban J connectivity index is 1.59. The van der Waals surface area contributed by atoms with Crippen molar-refractivity contribution in [3.05, 3.63) is 42.5 Å². The van der Waals surface area contributed by atoms with E-state index in [1.54, 1.807) is 18.0 Å². The van der Waals surface area contributed by atoms with Crippen molar-refractivity contribution in [2.75, 3.05) is 19.3 Å². The van der Waals surface area contributed by atoms with Crippen molar-refractivity contribution >= 4 is 17.7 Å². The van der Waals surface area contributed by atoms with Crippen molar-refractivity contribution in [3.8, 4) is 5.75 Å². The molecule has 1 saturated heterocycles. The van der Waals surface area contributed by atoms with Gasteiger partial charge in [0.2, 0.25) is 0 Å². The number of H-pyrrole nitrogens is 1. The van der Waals surface area contributed by atoms with Crippen LogP contribution in [0.3, 0.4) is 0 Å². The zero-order valence-corrected chi connectivity index (χ0v) is 14.9. The van der Waals surface area contributed by atoms with E-state index >= 15 is 0 Å². The number of aromatic amines is 1. The average molecular weight is 345 g/mol. The van der Waals surface area contributed by atoms with Crippen LogP contribution in [0.1, 0.15) is 31.5 Å². The van der Waals surface area contributed by atoms with Crippen LogP contribution in [0.15, 0.2) is 41.6 Å². The first-order valence-corrected chi connectivity index (χ1v) is 9.48. The van der Waals surface area contributed by atoms with Crippen LogP contribution in [0.25, 0.3) is 0 Å². The smallest absolute Gasteiger partial charge is 0.263 e. The summed E-state index contributed by atoms with van der Waals surface area (Å²) >= 11 is 1.68. The molecule has 3 rings (SSSR count). The molecule has 1 aliphatic rings. The highest BCUT2D eigenvalue weighted by Gasteiger charge is 2.29. The van der Waals surface area contributed by atoms with Gasteiger partial charge in [0, 0.05) is 36.3 Å². The van der Waals surface area contributed by atoms with Gasteiger partial charge in [-0.2, -0.15) is 0 Å². The Hall–Kier alpha value is -1.95. The van der Waals surface area contributed by atoms with Gasteiger partial charge in [-0.05, 0) is 50.3 Å². The number of benzene rings is 1. The van der Waals surface area contributed by atoms with Crippen molar-refractivity contribution in [2.45, 2.75) is 36.7 Å². The summed E-state index contributed by atoms with van der Waals surface area (Å²) in [6.07, 6.45) is 7.20. The number of carbonyl (C=O) groups excluding carboxylic acids is 1. The Kier molecular flexibility index (Phi) is 5.45. The van der Waals surface area contributed by atoms with Crippen LogP contribution in [-0.4, -0.2) is 46.2 Å². The van der Waals surface area contributed by atoms with E-state index in [2.05, 4.69) is 9.97 Å². The average Bonchev–Trinajstić information content (AvgIpc) is 3.16. The first-order valence-electron chi connectivity index (χ1n) is 8.26. The monoisotopic (exact) mass is 345 g/mol. The van der Waals surface area contributed by atoms with Gasteiger partial charge in [0.1, 0.15) is 11.6 Å². The summed E-state index contributed by atoms with van der Waals surface area (Å²) < 4.78 is 5.83. The molecule has 0 unspecified atom stereocenters. The third-order valence-electron chi connectivity index (χ3n) is 4.36. The minimum absolute atomic E-state index is 0.0419. The third-order valence-corrected chi connectivity index (χ3v) is 5.10. The molecule has 1 fully saturated rings. The molecule has 1 N–H and O–H groups in total. The van der Waals surface area contributed by atoms with Crippen molar-refractivity contribution < 1.29 is 9.53 Å². The summed E-state index contributed by atoms with van der Waals surface area (Å²) in [4.78, 5) is 23.3. The van der Waals surface area contributed by atoms with Crippen molar-refractivity contribution in [2.24, 2.45) is 0 Å². The number of imidazole rings is 1. The van der Waals surface area contributed by atoms with Crippen LogP contribution in [-0.2, 0) is 4.79 Å². The maximum Gasteiger partial charge on any atom is 0.263 e. The van der Waals surface area contributed by atoms with E-state index in [-0.39, 0.29) is 11.8 Å². The molecule has 0 aliphatic carbocycles. The van der Waals surface area contributed by atoms with E-state index in [1.165, 1.54) is 4.90 Å². The fourth-order valence-corrected chi connectivity index (χ4v) is 3.48. The molecule has 2 aromatic rings. The highest BCUT2D eigenvalue weighted by atomic mass is 32.2. The summed E-state index contributed by atoms with van der Waals surface area (Å²) in [6, 6.07) is 7.84. The number of nitrogens with zero attached hydrogens (tertiary/aromatic N) is 2. The van der Waals surface area contributed by atoms with Crippen LogP contribution in [0.4, 0.5) is 0 Å². The van der Waals surface area contributed by atoms with E-state index < -0.39 is 6.10 Å².